The van der Waals surface area contributed by atoms with E-state index in [9.17, 15) is 9.59 Å². The van der Waals surface area contributed by atoms with Gasteiger partial charge in [0.1, 0.15) is 5.75 Å². The van der Waals surface area contributed by atoms with E-state index >= 15 is 0 Å². The summed E-state index contributed by atoms with van der Waals surface area (Å²) in [6.07, 6.45) is 0. The van der Waals surface area contributed by atoms with Crippen LogP contribution in [-0.4, -0.2) is 18.4 Å². The van der Waals surface area contributed by atoms with E-state index in [0.29, 0.717) is 23.5 Å². The fraction of sp³-hybridized carbons (Fsp3) is 0.176. The predicted octanol–water partition coefficient (Wildman–Crippen LogP) is 2.26. The van der Waals surface area contributed by atoms with E-state index in [2.05, 4.69) is 10.6 Å². The lowest BCUT2D eigenvalue weighted by molar-refractivity contribution is -0.118. The highest BCUT2D eigenvalue weighted by Crippen LogP contribution is 2.31. The number of para-hydroxylation sites is 1. The Kier molecular flexibility index (Phi) is 3.78. The molecule has 5 heteroatoms. The van der Waals surface area contributed by atoms with Gasteiger partial charge >= 0.3 is 0 Å². The van der Waals surface area contributed by atoms with Crippen molar-refractivity contribution in [1.29, 1.82) is 0 Å². The Bertz CT molecular complexity index is 723. The molecular weight excluding hydrogens is 280 g/mol. The number of benzene rings is 2. The molecule has 1 heterocycles. The van der Waals surface area contributed by atoms with E-state index in [4.69, 9.17) is 4.74 Å². The number of carbonyl (C=O) groups excluding carboxylic acids is 2. The first-order chi connectivity index (χ1) is 10.6. The Morgan fingerprint density at radius 1 is 1.23 bits per heavy atom. The maximum atomic E-state index is 12.3. The highest BCUT2D eigenvalue weighted by Gasteiger charge is 2.22. The summed E-state index contributed by atoms with van der Waals surface area (Å²) in [5.41, 5.74) is 3.02. The summed E-state index contributed by atoms with van der Waals surface area (Å²) in [5.74, 6) is 0.0112. The number of aryl methyl sites for hydroxylation is 1. The van der Waals surface area contributed by atoms with Crippen LogP contribution in [0.3, 0.4) is 0 Å². The SMILES string of the molecule is Cc1ccc(CNC(=O)c2cccc3c2NC(=O)CO3)cc1. The number of rotatable bonds is 3. The second kappa shape index (κ2) is 5.89. The van der Waals surface area contributed by atoms with Gasteiger partial charge in [-0.15, -0.1) is 0 Å². The van der Waals surface area contributed by atoms with Crippen molar-refractivity contribution >= 4 is 17.5 Å². The third-order valence-electron chi connectivity index (χ3n) is 3.47. The molecular formula is C17H16N2O3. The fourth-order valence-electron chi connectivity index (χ4n) is 2.27. The largest absolute Gasteiger partial charge is 0.482 e. The lowest BCUT2D eigenvalue weighted by Gasteiger charge is -2.20. The van der Waals surface area contributed by atoms with Crippen molar-refractivity contribution in [2.24, 2.45) is 0 Å². The number of nitrogens with one attached hydrogen (secondary N) is 2. The lowest BCUT2D eigenvalue weighted by Crippen LogP contribution is -2.29. The van der Waals surface area contributed by atoms with E-state index in [1.165, 1.54) is 5.56 Å². The molecule has 5 nitrogen and oxygen atoms in total. The molecule has 2 amide bonds. The van der Waals surface area contributed by atoms with Gasteiger partial charge in [-0.2, -0.15) is 0 Å². The third-order valence-corrected chi connectivity index (χ3v) is 3.47. The first-order valence-electron chi connectivity index (χ1n) is 7.03. The number of ether oxygens (including phenoxy) is 1. The predicted molar refractivity (Wildman–Crippen MR) is 82.9 cm³/mol. The number of amides is 2. The monoisotopic (exact) mass is 296 g/mol. The molecule has 0 fully saturated rings. The highest BCUT2D eigenvalue weighted by atomic mass is 16.5. The van der Waals surface area contributed by atoms with Crippen molar-refractivity contribution in [3.63, 3.8) is 0 Å². The maximum Gasteiger partial charge on any atom is 0.262 e. The van der Waals surface area contributed by atoms with E-state index in [-0.39, 0.29) is 18.4 Å². The Morgan fingerprint density at radius 2 is 2.00 bits per heavy atom. The minimum absolute atomic E-state index is 0.0264. The number of hydrogen-bond donors (Lipinski definition) is 2. The topological polar surface area (TPSA) is 67.4 Å². The molecule has 1 aliphatic heterocycles. The average Bonchev–Trinajstić information content (AvgIpc) is 2.53. The van der Waals surface area contributed by atoms with Crippen LogP contribution in [0, 0.1) is 6.92 Å². The van der Waals surface area contributed by atoms with Gasteiger partial charge in [-0.1, -0.05) is 35.9 Å². The Labute approximate surface area is 128 Å². The molecule has 0 saturated heterocycles. The summed E-state index contributed by atoms with van der Waals surface area (Å²) in [7, 11) is 0. The standard InChI is InChI=1S/C17H16N2O3/c1-11-5-7-12(8-6-11)9-18-17(21)13-3-2-4-14-16(13)19-15(20)10-22-14/h2-8H,9-10H2,1H3,(H,18,21)(H,19,20). The Balaban J connectivity index is 1.75. The number of anilines is 1. The van der Waals surface area contributed by atoms with Crippen molar-refractivity contribution in [2.45, 2.75) is 13.5 Å². The molecule has 2 aromatic carbocycles. The molecule has 0 saturated carbocycles. The molecule has 3 rings (SSSR count). The molecule has 2 aromatic rings. The van der Waals surface area contributed by atoms with E-state index in [1.54, 1.807) is 18.2 Å². The molecule has 0 aliphatic carbocycles. The minimum Gasteiger partial charge on any atom is -0.482 e. The molecule has 0 radical (unpaired) electrons. The number of hydrogen-bond acceptors (Lipinski definition) is 3. The van der Waals surface area contributed by atoms with Crippen molar-refractivity contribution in [1.82, 2.24) is 5.32 Å². The summed E-state index contributed by atoms with van der Waals surface area (Å²) >= 11 is 0. The normalized spacial score (nSPS) is 12.9. The zero-order valence-corrected chi connectivity index (χ0v) is 12.2. The van der Waals surface area contributed by atoms with Crippen molar-refractivity contribution in [3.05, 3.63) is 59.2 Å². The zero-order chi connectivity index (χ0) is 15.5. The van der Waals surface area contributed by atoms with Gasteiger partial charge in [0.15, 0.2) is 6.61 Å². The van der Waals surface area contributed by atoms with Gasteiger partial charge in [0.05, 0.1) is 11.3 Å². The van der Waals surface area contributed by atoms with Crippen LogP contribution in [0.15, 0.2) is 42.5 Å². The van der Waals surface area contributed by atoms with Crippen LogP contribution in [0.4, 0.5) is 5.69 Å². The smallest absolute Gasteiger partial charge is 0.262 e. The average molecular weight is 296 g/mol. The van der Waals surface area contributed by atoms with Gasteiger partial charge in [0.2, 0.25) is 0 Å². The number of carbonyl (C=O) groups is 2. The highest BCUT2D eigenvalue weighted by molar-refractivity contribution is 6.06. The maximum absolute atomic E-state index is 12.3. The summed E-state index contributed by atoms with van der Waals surface area (Å²) in [4.78, 5) is 23.8. The summed E-state index contributed by atoms with van der Waals surface area (Å²) < 4.78 is 5.31. The molecule has 22 heavy (non-hydrogen) atoms. The molecule has 112 valence electrons. The van der Waals surface area contributed by atoms with Crippen LogP contribution >= 0.6 is 0 Å². The molecule has 2 N–H and O–H groups in total. The molecule has 1 aliphatic rings. The van der Waals surface area contributed by atoms with E-state index in [0.717, 1.165) is 5.56 Å². The van der Waals surface area contributed by atoms with Crippen LogP contribution in [0.5, 0.6) is 5.75 Å². The third kappa shape index (κ3) is 2.93. The second-order valence-corrected chi connectivity index (χ2v) is 5.18. The van der Waals surface area contributed by atoms with E-state index in [1.807, 2.05) is 31.2 Å². The lowest BCUT2D eigenvalue weighted by atomic mass is 10.1. The Hall–Kier alpha value is -2.82. The van der Waals surface area contributed by atoms with Gasteiger partial charge in [-0.3, -0.25) is 9.59 Å². The van der Waals surface area contributed by atoms with E-state index < -0.39 is 0 Å². The van der Waals surface area contributed by atoms with Crippen molar-refractivity contribution < 1.29 is 14.3 Å². The summed E-state index contributed by atoms with van der Waals surface area (Å²) in [5, 5.41) is 5.54. The molecule has 0 bridgehead atoms. The van der Waals surface area contributed by atoms with Gasteiger partial charge in [-0.05, 0) is 24.6 Å². The van der Waals surface area contributed by atoms with Gasteiger partial charge in [0, 0.05) is 6.54 Å². The van der Waals surface area contributed by atoms with Gasteiger partial charge < -0.3 is 15.4 Å². The quantitative estimate of drug-likeness (QED) is 0.913. The Morgan fingerprint density at radius 3 is 2.77 bits per heavy atom. The van der Waals surface area contributed by atoms with Crippen molar-refractivity contribution in [3.8, 4) is 5.75 Å². The first kappa shape index (κ1) is 14.1. The van der Waals surface area contributed by atoms with Gasteiger partial charge in [0.25, 0.3) is 11.8 Å². The van der Waals surface area contributed by atoms with Crippen LogP contribution in [-0.2, 0) is 11.3 Å². The summed E-state index contributed by atoms with van der Waals surface area (Å²) in [6, 6.07) is 13.1. The summed E-state index contributed by atoms with van der Waals surface area (Å²) in [6.45, 7) is 2.42. The van der Waals surface area contributed by atoms with Gasteiger partial charge in [-0.25, -0.2) is 0 Å². The number of fused-ring (bicyclic) bond motifs is 1. The van der Waals surface area contributed by atoms with Crippen LogP contribution in [0.25, 0.3) is 0 Å². The molecule has 0 atom stereocenters. The zero-order valence-electron chi connectivity index (χ0n) is 12.2. The van der Waals surface area contributed by atoms with Crippen LogP contribution < -0.4 is 15.4 Å². The molecule has 0 unspecified atom stereocenters. The molecule has 0 spiro atoms. The molecule has 0 aromatic heterocycles. The van der Waals surface area contributed by atoms with Crippen LogP contribution in [0.1, 0.15) is 21.5 Å². The minimum atomic E-state index is -0.258. The van der Waals surface area contributed by atoms with Crippen molar-refractivity contribution in [2.75, 3.05) is 11.9 Å². The van der Waals surface area contributed by atoms with Crippen LogP contribution in [0.2, 0.25) is 0 Å². The fourth-order valence-corrected chi connectivity index (χ4v) is 2.27. The first-order valence-corrected chi connectivity index (χ1v) is 7.03. The second-order valence-electron chi connectivity index (χ2n) is 5.18.